The van der Waals surface area contributed by atoms with E-state index < -0.39 is 0 Å². The second-order valence-electron chi connectivity index (χ2n) is 4.97. The fraction of sp³-hybridized carbons (Fsp3) is 0.846. The Balaban J connectivity index is 2.38. The number of hydrogen-bond acceptors (Lipinski definition) is 1. The van der Waals surface area contributed by atoms with Gasteiger partial charge in [-0.25, -0.2) is 0 Å². The summed E-state index contributed by atoms with van der Waals surface area (Å²) in [6.07, 6.45) is 7.25. The standard InChI is InChI=1S/C13H25N/c1-5-7-11(3)14-13-9-6-8-10(2)12(13)4/h5,10-14H,1,6-9H2,2-4H3. The van der Waals surface area contributed by atoms with Crippen LogP contribution in [-0.2, 0) is 0 Å². The second-order valence-corrected chi connectivity index (χ2v) is 4.97. The molecule has 0 aromatic heterocycles. The maximum Gasteiger partial charge on any atom is 0.00978 e. The van der Waals surface area contributed by atoms with Gasteiger partial charge in [-0.2, -0.15) is 0 Å². The van der Waals surface area contributed by atoms with E-state index >= 15 is 0 Å². The molecule has 0 aliphatic heterocycles. The van der Waals surface area contributed by atoms with Crippen molar-refractivity contribution >= 4 is 0 Å². The van der Waals surface area contributed by atoms with E-state index in [-0.39, 0.29) is 0 Å². The molecule has 1 fully saturated rings. The first-order valence-electron chi connectivity index (χ1n) is 6.02. The van der Waals surface area contributed by atoms with E-state index in [0.717, 1.165) is 24.3 Å². The van der Waals surface area contributed by atoms with Gasteiger partial charge < -0.3 is 5.32 Å². The lowest BCUT2D eigenvalue weighted by molar-refractivity contribution is 0.196. The van der Waals surface area contributed by atoms with E-state index in [0.29, 0.717) is 6.04 Å². The summed E-state index contributed by atoms with van der Waals surface area (Å²) in [6.45, 7) is 10.8. The van der Waals surface area contributed by atoms with Crippen LogP contribution < -0.4 is 5.32 Å². The lowest BCUT2D eigenvalue weighted by Crippen LogP contribution is -2.44. The van der Waals surface area contributed by atoms with Crippen molar-refractivity contribution in [2.75, 3.05) is 0 Å². The molecule has 0 radical (unpaired) electrons. The van der Waals surface area contributed by atoms with E-state index in [1.54, 1.807) is 0 Å². The third kappa shape index (κ3) is 3.13. The van der Waals surface area contributed by atoms with Crippen LogP contribution in [0, 0.1) is 11.8 Å². The normalized spacial score (nSPS) is 35.2. The van der Waals surface area contributed by atoms with Crippen LogP contribution in [0.5, 0.6) is 0 Å². The molecular formula is C13H25N. The van der Waals surface area contributed by atoms with Crippen LogP contribution in [-0.4, -0.2) is 12.1 Å². The average molecular weight is 195 g/mol. The van der Waals surface area contributed by atoms with Crippen molar-refractivity contribution in [1.29, 1.82) is 0 Å². The molecule has 0 aromatic carbocycles. The average Bonchev–Trinajstić information content (AvgIpc) is 2.13. The van der Waals surface area contributed by atoms with Gasteiger partial charge in [-0.05, 0) is 31.6 Å². The summed E-state index contributed by atoms with van der Waals surface area (Å²) in [7, 11) is 0. The van der Waals surface area contributed by atoms with Gasteiger partial charge in [0.05, 0.1) is 0 Å². The Kier molecular flexibility index (Phi) is 4.67. The molecule has 1 nitrogen and oxygen atoms in total. The molecule has 14 heavy (non-hydrogen) atoms. The zero-order chi connectivity index (χ0) is 10.6. The second kappa shape index (κ2) is 5.55. The highest BCUT2D eigenvalue weighted by Crippen LogP contribution is 2.29. The Morgan fingerprint density at radius 3 is 2.79 bits per heavy atom. The van der Waals surface area contributed by atoms with Crippen LogP contribution in [0.2, 0.25) is 0 Å². The molecule has 0 aromatic rings. The number of rotatable bonds is 4. The van der Waals surface area contributed by atoms with Gasteiger partial charge in [0.1, 0.15) is 0 Å². The quantitative estimate of drug-likeness (QED) is 0.678. The molecule has 1 heteroatoms. The zero-order valence-corrected chi connectivity index (χ0v) is 9.92. The molecule has 4 atom stereocenters. The van der Waals surface area contributed by atoms with Crippen molar-refractivity contribution < 1.29 is 0 Å². The van der Waals surface area contributed by atoms with E-state index in [2.05, 4.69) is 32.7 Å². The summed E-state index contributed by atoms with van der Waals surface area (Å²) < 4.78 is 0. The largest absolute Gasteiger partial charge is 0.311 e. The molecule has 82 valence electrons. The fourth-order valence-corrected chi connectivity index (χ4v) is 2.50. The predicted molar refractivity (Wildman–Crippen MR) is 63.4 cm³/mol. The highest BCUT2D eigenvalue weighted by Gasteiger charge is 2.27. The third-order valence-corrected chi connectivity index (χ3v) is 3.73. The molecule has 0 heterocycles. The van der Waals surface area contributed by atoms with Crippen molar-refractivity contribution in [3.63, 3.8) is 0 Å². The van der Waals surface area contributed by atoms with Crippen molar-refractivity contribution in [3.05, 3.63) is 12.7 Å². The molecule has 1 N–H and O–H groups in total. The first kappa shape index (κ1) is 11.8. The van der Waals surface area contributed by atoms with Crippen LogP contribution in [0.3, 0.4) is 0 Å². The molecular weight excluding hydrogens is 170 g/mol. The minimum atomic E-state index is 0.588. The molecule has 0 saturated heterocycles. The summed E-state index contributed by atoms with van der Waals surface area (Å²) in [4.78, 5) is 0. The molecule has 0 amide bonds. The SMILES string of the molecule is C=CCC(C)NC1CCCC(C)C1C. The van der Waals surface area contributed by atoms with Crippen molar-refractivity contribution in [2.45, 2.75) is 58.5 Å². The molecule has 1 rings (SSSR count). The summed E-state index contributed by atoms with van der Waals surface area (Å²) in [6, 6.07) is 1.32. The van der Waals surface area contributed by atoms with Gasteiger partial charge in [0.2, 0.25) is 0 Å². The first-order chi connectivity index (χ1) is 6.65. The third-order valence-electron chi connectivity index (χ3n) is 3.73. The Morgan fingerprint density at radius 1 is 1.43 bits per heavy atom. The molecule has 0 bridgehead atoms. The Hall–Kier alpha value is -0.300. The van der Waals surface area contributed by atoms with Gasteiger partial charge in [-0.3, -0.25) is 0 Å². The van der Waals surface area contributed by atoms with E-state index in [4.69, 9.17) is 0 Å². The van der Waals surface area contributed by atoms with E-state index in [1.165, 1.54) is 19.3 Å². The van der Waals surface area contributed by atoms with Gasteiger partial charge in [-0.1, -0.05) is 32.8 Å². The van der Waals surface area contributed by atoms with E-state index in [9.17, 15) is 0 Å². The Labute approximate surface area is 89.0 Å². The van der Waals surface area contributed by atoms with Crippen molar-refractivity contribution in [3.8, 4) is 0 Å². The van der Waals surface area contributed by atoms with Crippen LogP contribution >= 0.6 is 0 Å². The van der Waals surface area contributed by atoms with Gasteiger partial charge >= 0.3 is 0 Å². The smallest absolute Gasteiger partial charge is 0.00978 e. The Morgan fingerprint density at radius 2 is 2.14 bits per heavy atom. The number of nitrogens with one attached hydrogen (secondary N) is 1. The monoisotopic (exact) mass is 195 g/mol. The molecule has 1 aliphatic carbocycles. The summed E-state index contributed by atoms with van der Waals surface area (Å²) in [5.41, 5.74) is 0. The van der Waals surface area contributed by atoms with Crippen LogP contribution in [0.1, 0.15) is 46.5 Å². The lowest BCUT2D eigenvalue weighted by Gasteiger charge is -2.36. The lowest BCUT2D eigenvalue weighted by atomic mass is 9.78. The van der Waals surface area contributed by atoms with E-state index in [1.807, 2.05) is 6.08 Å². The van der Waals surface area contributed by atoms with Gasteiger partial charge in [0, 0.05) is 12.1 Å². The van der Waals surface area contributed by atoms with Crippen molar-refractivity contribution in [2.24, 2.45) is 11.8 Å². The minimum absolute atomic E-state index is 0.588. The highest BCUT2D eigenvalue weighted by molar-refractivity contribution is 4.85. The molecule has 1 aliphatic rings. The van der Waals surface area contributed by atoms with Gasteiger partial charge in [0.15, 0.2) is 0 Å². The zero-order valence-electron chi connectivity index (χ0n) is 9.92. The number of hydrogen-bond donors (Lipinski definition) is 1. The molecule has 0 spiro atoms. The van der Waals surface area contributed by atoms with Crippen LogP contribution in [0.4, 0.5) is 0 Å². The van der Waals surface area contributed by atoms with Gasteiger partial charge in [0.25, 0.3) is 0 Å². The molecule has 4 unspecified atom stereocenters. The minimum Gasteiger partial charge on any atom is -0.311 e. The molecule has 1 saturated carbocycles. The maximum absolute atomic E-state index is 3.79. The van der Waals surface area contributed by atoms with Crippen LogP contribution in [0.25, 0.3) is 0 Å². The maximum atomic E-state index is 3.79. The van der Waals surface area contributed by atoms with Gasteiger partial charge in [-0.15, -0.1) is 6.58 Å². The summed E-state index contributed by atoms with van der Waals surface area (Å²) >= 11 is 0. The highest BCUT2D eigenvalue weighted by atomic mass is 15.0. The van der Waals surface area contributed by atoms with Crippen molar-refractivity contribution in [1.82, 2.24) is 5.32 Å². The fourth-order valence-electron chi connectivity index (χ4n) is 2.50. The van der Waals surface area contributed by atoms with Crippen LogP contribution in [0.15, 0.2) is 12.7 Å². The summed E-state index contributed by atoms with van der Waals surface area (Å²) in [5.74, 6) is 1.72. The predicted octanol–water partition coefficient (Wildman–Crippen LogP) is 3.37. The Bertz CT molecular complexity index is 176. The summed E-state index contributed by atoms with van der Waals surface area (Å²) in [5, 5.41) is 3.73. The first-order valence-corrected chi connectivity index (χ1v) is 6.02. The topological polar surface area (TPSA) is 12.0 Å².